The van der Waals surface area contributed by atoms with Crippen LogP contribution in [0.3, 0.4) is 0 Å². The summed E-state index contributed by atoms with van der Waals surface area (Å²) in [5, 5.41) is 6.77. The molecule has 2 rings (SSSR count). The van der Waals surface area contributed by atoms with Crippen molar-refractivity contribution in [3.8, 4) is 0 Å². The average molecular weight is 274 g/mol. The van der Waals surface area contributed by atoms with Crippen LogP contribution in [-0.2, 0) is 13.0 Å². The van der Waals surface area contributed by atoms with Gasteiger partial charge >= 0.3 is 0 Å². The van der Waals surface area contributed by atoms with E-state index in [1.807, 2.05) is 0 Å². The Morgan fingerprint density at radius 1 is 1.16 bits per heavy atom. The van der Waals surface area contributed by atoms with E-state index in [0.29, 0.717) is 0 Å². The van der Waals surface area contributed by atoms with E-state index in [4.69, 9.17) is 4.98 Å². The topological polar surface area (TPSA) is 24.9 Å². The lowest BCUT2D eigenvalue weighted by Crippen LogP contribution is -2.13. The molecule has 0 atom stereocenters. The number of benzene rings is 1. The fourth-order valence-corrected chi connectivity index (χ4v) is 3.08. The quantitative estimate of drug-likeness (QED) is 0.809. The Balaban J connectivity index is 1.99. The SMILES string of the molecule is CCCNCc1csc(Cc2cc(C)cc(C)c2)n1. The average Bonchev–Trinajstić information content (AvgIpc) is 2.76. The standard InChI is InChI=1S/C16H22N2S/c1-4-5-17-10-15-11-19-16(18-15)9-14-7-12(2)6-13(3)8-14/h6-8,11,17H,4-5,9-10H2,1-3H3. The highest BCUT2D eigenvalue weighted by Crippen LogP contribution is 2.17. The van der Waals surface area contributed by atoms with Gasteiger partial charge in [-0.05, 0) is 32.4 Å². The first kappa shape index (κ1) is 14.2. The van der Waals surface area contributed by atoms with E-state index in [1.54, 1.807) is 11.3 Å². The molecule has 1 aromatic carbocycles. The van der Waals surface area contributed by atoms with Crippen molar-refractivity contribution in [1.82, 2.24) is 10.3 Å². The Hall–Kier alpha value is -1.19. The molecule has 102 valence electrons. The Bertz CT molecular complexity index is 511. The minimum absolute atomic E-state index is 0.886. The van der Waals surface area contributed by atoms with Crippen LogP contribution in [0.5, 0.6) is 0 Å². The van der Waals surface area contributed by atoms with Crippen LogP contribution in [0.25, 0.3) is 0 Å². The maximum Gasteiger partial charge on any atom is 0.0972 e. The predicted molar refractivity (Wildman–Crippen MR) is 82.8 cm³/mol. The Morgan fingerprint density at radius 3 is 2.58 bits per heavy atom. The predicted octanol–water partition coefficient (Wildman–Crippen LogP) is 3.85. The van der Waals surface area contributed by atoms with Crippen molar-refractivity contribution in [2.75, 3.05) is 6.54 Å². The van der Waals surface area contributed by atoms with Crippen LogP contribution in [0.15, 0.2) is 23.6 Å². The number of rotatable bonds is 6. The number of hydrogen-bond donors (Lipinski definition) is 1. The van der Waals surface area contributed by atoms with Gasteiger partial charge in [-0.1, -0.05) is 36.2 Å². The molecular formula is C16H22N2S. The maximum absolute atomic E-state index is 4.69. The van der Waals surface area contributed by atoms with Gasteiger partial charge in [0.1, 0.15) is 0 Å². The van der Waals surface area contributed by atoms with Gasteiger partial charge < -0.3 is 5.32 Å². The Morgan fingerprint density at radius 2 is 1.89 bits per heavy atom. The fraction of sp³-hybridized carbons (Fsp3) is 0.438. The highest BCUT2D eigenvalue weighted by Gasteiger charge is 2.04. The molecule has 0 bridgehead atoms. The normalized spacial score (nSPS) is 10.9. The van der Waals surface area contributed by atoms with Crippen molar-refractivity contribution >= 4 is 11.3 Å². The summed E-state index contributed by atoms with van der Waals surface area (Å²) in [7, 11) is 0. The Labute approximate surface area is 119 Å². The lowest BCUT2D eigenvalue weighted by molar-refractivity contribution is 0.665. The first-order chi connectivity index (χ1) is 9.17. The van der Waals surface area contributed by atoms with Gasteiger partial charge in [0, 0.05) is 18.3 Å². The van der Waals surface area contributed by atoms with Crippen molar-refractivity contribution < 1.29 is 0 Å². The molecule has 0 saturated carbocycles. The second-order valence-electron chi connectivity index (χ2n) is 5.08. The van der Waals surface area contributed by atoms with E-state index < -0.39 is 0 Å². The molecule has 0 radical (unpaired) electrons. The smallest absolute Gasteiger partial charge is 0.0972 e. The van der Waals surface area contributed by atoms with Crippen LogP contribution < -0.4 is 5.32 Å². The van der Waals surface area contributed by atoms with Gasteiger partial charge in [0.15, 0.2) is 0 Å². The molecule has 0 aliphatic rings. The number of nitrogens with zero attached hydrogens (tertiary/aromatic N) is 1. The van der Waals surface area contributed by atoms with E-state index in [9.17, 15) is 0 Å². The van der Waals surface area contributed by atoms with Crippen molar-refractivity contribution in [3.63, 3.8) is 0 Å². The molecule has 0 saturated heterocycles. The van der Waals surface area contributed by atoms with Crippen molar-refractivity contribution in [2.45, 2.75) is 40.2 Å². The van der Waals surface area contributed by atoms with E-state index in [-0.39, 0.29) is 0 Å². The Kier molecular flexibility index (Phi) is 5.11. The number of aryl methyl sites for hydroxylation is 2. The van der Waals surface area contributed by atoms with Gasteiger partial charge in [-0.3, -0.25) is 0 Å². The fourth-order valence-electron chi connectivity index (χ4n) is 2.25. The third-order valence-electron chi connectivity index (χ3n) is 2.97. The van der Waals surface area contributed by atoms with Gasteiger partial charge in [-0.15, -0.1) is 11.3 Å². The second kappa shape index (κ2) is 6.83. The molecule has 0 unspecified atom stereocenters. The number of thiazole rings is 1. The summed E-state index contributed by atoms with van der Waals surface area (Å²) >= 11 is 1.76. The van der Waals surface area contributed by atoms with Gasteiger partial charge in [-0.25, -0.2) is 4.98 Å². The summed E-state index contributed by atoms with van der Waals surface area (Å²) in [6.07, 6.45) is 2.11. The first-order valence-electron chi connectivity index (χ1n) is 6.88. The van der Waals surface area contributed by atoms with E-state index in [2.05, 4.69) is 49.7 Å². The summed E-state index contributed by atoms with van der Waals surface area (Å²) in [5.74, 6) is 0. The zero-order valence-corrected chi connectivity index (χ0v) is 12.8. The lowest BCUT2D eigenvalue weighted by Gasteiger charge is -2.03. The summed E-state index contributed by atoms with van der Waals surface area (Å²) in [4.78, 5) is 4.69. The van der Waals surface area contributed by atoms with Crippen molar-refractivity contribution in [1.29, 1.82) is 0 Å². The molecule has 0 amide bonds. The molecule has 3 heteroatoms. The van der Waals surface area contributed by atoms with E-state index >= 15 is 0 Å². The summed E-state index contributed by atoms with van der Waals surface area (Å²) in [5.41, 5.74) is 5.19. The molecule has 0 fully saturated rings. The van der Waals surface area contributed by atoms with Crippen LogP contribution in [-0.4, -0.2) is 11.5 Å². The van der Waals surface area contributed by atoms with Crippen LogP contribution in [0.2, 0.25) is 0 Å². The largest absolute Gasteiger partial charge is 0.311 e. The number of aromatic nitrogens is 1. The number of nitrogens with one attached hydrogen (secondary N) is 1. The highest BCUT2D eigenvalue weighted by atomic mass is 32.1. The van der Waals surface area contributed by atoms with Gasteiger partial charge in [0.05, 0.1) is 10.7 Å². The molecule has 2 nitrogen and oxygen atoms in total. The molecule has 1 N–H and O–H groups in total. The summed E-state index contributed by atoms with van der Waals surface area (Å²) in [6.45, 7) is 8.43. The molecule has 0 aliphatic heterocycles. The zero-order valence-electron chi connectivity index (χ0n) is 12.0. The van der Waals surface area contributed by atoms with E-state index in [0.717, 1.165) is 25.2 Å². The van der Waals surface area contributed by atoms with Crippen LogP contribution in [0, 0.1) is 13.8 Å². The first-order valence-corrected chi connectivity index (χ1v) is 7.76. The van der Waals surface area contributed by atoms with Gasteiger partial charge in [0.25, 0.3) is 0 Å². The lowest BCUT2D eigenvalue weighted by atomic mass is 10.1. The third kappa shape index (κ3) is 4.44. The van der Waals surface area contributed by atoms with Gasteiger partial charge in [0.2, 0.25) is 0 Å². The molecule has 0 spiro atoms. The summed E-state index contributed by atoms with van der Waals surface area (Å²) in [6, 6.07) is 6.72. The molecule has 2 aromatic rings. The zero-order chi connectivity index (χ0) is 13.7. The molecule has 1 heterocycles. The molecular weight excluding hydrogens is 252 g/mol. The minimum Gasteiger partial charge on any atom is -0.311 e. The van der Waals surface area contributed by atoms with Crippen LogP contribution >= 0.6 is 11.3 Å². The monoisotopic (exact) mass is 274 g/mol. The van der Waals surface area contributed by atoms with E-state index in [1.165, 1.54) is 28.1 Å². The molecule has 19 heavy (non-hydrogen) atoms. The number of hydrogen-bond acceptors (Lipinski definition) is 3. The third-order valence-corrected chi connectivity index (χ3v) is 3.87. The highest BCUT2D eigenvalue weighted by molar-refractivity contribution is 7.09. The van der Waals surface area contributed by atoms with Crippen molar-refractivity contribution in [2.24, 2.45) is 0 Å². The maximum atomic E-state index is 4.69. The second-order valence-corrected chi connectivity index (χ2v) is 6.02. The minimum atomic E-state index is 0.886. The molecule has 1 aromatic heterocycles. The van der Waals surface area contributed by atoms with Crippen LogP contribution in [0.1, 0.15) is 40.7 Å². The summed E-state index contributed by atoms with van der Waals surface area (Å²) < 4.78 is 0. The molecule has 0 aliphatic carbocycles. The van der Waals surface area contributed by atoms with Crippen LogP contribution in [0.4, 0.5) is 0 Å². The van der Waals surface area contributed by atoms with Crippen molar-refractivity contribution in [3.05, 3.63) is 51.0 Å². The van der Waals surface area contributed by atoms with Gasteiger partial charge in [-0.2, -0.15) is 0 Å².